The summed E-state index contributed by atoms with van der Waals surface area (Å²) in [6.45, 7) is 8.73. The zero-order chi connectivity index (χ0) is 14.4. The van der Waals surface area contributed by atoms with E-state index in [0.29, 0.717) is 0 Å². The Balaban J connectivity index is 2.08. The summed E-state index contributed by atoms with van der Waals surface area (Å²) in [4.78, 5) is 4.18. The molecule has 0 amide bonds. The van der Waals surface area contributed by atoms with Crippen molar-refractivity contribution in [3.8, 4) is 5.75 Å². The second kappa shape index (κ2) is 6.98. The molecule has 0 aliphatic rings. The largest absolute Gasteiger partial charge is 0.491 e. The summed E-state index contributed by atoms with van der Waals surface area (Å²) < 4.78 is 7.94. The number of nitrogens with zero attached hydrogens (tertiary/aromatic N) is 2. The molecule has 1 aromatic heterocycles. The maximum atomic E-state index is 5.81. The number of hydrogen-bond donors (Lipinski definition) is 1. The Hall–Kier alpha value is -1.97. The van der Waals surface area contributed by atoms with E-state index in [0.717, 1.165) is 37.6 Å². The predicted octanol–water partition coefficient (Wildman–Crippen LogP) is 3.61. The molecule has 20 heavy (non-hydrogen) atoms. The van der Waals surface area contributed by atoms with Gasteiger partial charge in [0.25, 0.3) is 0 Å². The first-order valence-corrected chi connectivity index (χ1v) is 7.21. The van der Waals surface area contributed by atoms with Crippen molar-refractivity contribution in [3.63, 3.8) is 0 Å². The van der Waals surface area contributed by atoms with Crippen molar-refractivity contribution in [2.45, 2.75) is 40.3 Å². The highest BCUT2D eigenvalue weighted by Gasteiger charge is 2.06. The summed E-state index contributed by atoms with van der Waals surface area (Å²) >= 11 is 0. The van der Waals surface area contributed by atoms with Gasteiger partial charge in [0.05, 0.1) is 30.9 Å². The highest BCUT2D eigenvalue weighted by molar-refractivity contribution is 5.57. The van der Waals surface area contributed by atoms with E-state index in [4.69, 9.17) is 4.74 Å². The van der Waals surface area contributed by atoms with E-state index in [9.17, 15) is 0 Å². The van der Waals surface area contributed by atoms with Crippen LogP contribution in [0.15, 0.2) is 30.7 Å². The predicted molar refractivity (Wildman–Crippen MR) is 82.2 cm³/mol. The van der Waals surface area contributed by atoms with Gasteiger partial charge in [0.15, 0.2) is 0 Å². The normalized spacial score (nSPS) is 10.6. The SMILES string of the molecule is CCCOc1cc(C)ccc1NCc1cncn1CC. The third-order valence-corrected chi connectivity index (χ3v) is 3.20. The van der Waals surface area contributed by atoms with Gasteiger partial charge in [0, 0.05) is 12.7 Å². The number of rotatable bonds is 7. The van der Waals surface area contributed by atoms with Crippen molar-refractivity contribution in [1.82, 2.24) is 9.55 Å². The minimum atomic E-state index is 0.741. The van der Waals surface area contributed by atoms with Crippen molar-refractivity contribution >= 4 is 5.69 Å². The molecule has 0 unspecified atom stereocenters. The number of imidazole rings is 1. The number of benzene rings is 1. The van der Waals surface area contributed by atoms with E-state index < -0.39 is 0 Å². The first-order valence-electron chi connectivity index (χ1n) is 7.21. The Morgan fingerprint density at radius 3 is 2.90 bits per heavy atom. The first kappa shape index (κ1) is 14.4. The number of aromatic nitrogens is 2. The second-order valence-corrected chi connectivity index (χ2v) is 4.87. The Morgan fingerprint density at radius 2 is 2.15 bits per heavy atom. The summed E-state index contributed by atoms with van der Waals surface area (Å²) in [6, 6.07) is 6.25. The van der Waals surface area contributed by atoms with Gasteiger partial charge in [-0.15, -0.1) is 0 Å². The molecular formula is C16H23N3O. The van der Waals surface area contributed by atoms with Crippen LogP contribution in [-0.4, -0.2) is 16.2 Å². The highest BCUT2D eigenvalue weighted by atomic mass is 16.5. The van der Waals surface area contributed by atoms with E-state index in [1.807, 2.05) is 12.5 Å². The molecule has 0 aliphatic heterocycles. The molecule has 2 rings (SSSR count). The molecule has 4 heteroatoms. The van der Waals surface area contributed by atoms with Crippen LogP contribution >= 0.6 is 0 Å². The first-order chi connectivity index (χ1) is 9.74. The summed E-state index contributed by atoms with van der Waals surface area (Å²) in [7, 11) is 0. The van der Waals surface area contributed by atoms with Crippen LogP contribution in [0.2, 0.25) is 0 Å². The van der Waals surface area contributed by atoms with Gasteiger partial charge in [-0.1, -0.05) is 13.0 Å². The van der Waals surface area contributed by atoms with Gasteiger partial charge in [0.1, 0.15) is 5.75 Å². The van der Waals surface area contributed by atoms with E-state index in [-0.39, 0.29) is 0 Å². The summed E-state index contributed by atoms with van der Waals surface area (Å²) in [5.41, 5.74) is 3.42. The second-order valence-electron chi connectivity index (χ2n) is 4.87. The molecule has 1 N–H and O–H groups in total. The maximum absolute atomic E-state index is 5.81. The quantitative estimate of drug-likeness (QED) is 0.837. The van der Waals surface area contributed by atoms with E-state index >= 15 is 0 Å². The van der Waals surface area contributed by atoms with Crippen molar-refractivity contribution in [2.75, 3.05) is 11.9 Å². The van der Waals surface area contributed by atoms with Crippen LogP contribution in [0.25, 0.3) is 0 Å². The Morgan fingerprint density at radius 1 is 1.30 bits per heavy atom. The minimum Gasteiger partial charge on any atom is -0.491 e. The van der Waals surface area contributed by atoms with Crippen LogP contribution in [0.1, 0.15) is 31.5 Å². The van der Waals surface area contributed by atoms with Crippen LogP contribution in [0.3, 0.4) is 0 Å². The van der Waals surface area contributed by atoms with E-state index in [2.05, 4.69) is 53.8 Å². The lowest BCUT2D eigenvalue weighted by Gasteiger charge is -2.14. The fourth-order valence-electron chi connectivity index (χ4n) is 2.07. The molecule has 4 nitrogen and oxygen atoms in total. The lowest BCUT2D eigenvalue weighted by molar-refractivity contribution is 0.318. The summed E-state index contributed by atoms with van der Waals surface area (Å²) in [5.74, 6) is 0.925. The monoisotopic (exact) mass is 273 g/mol. The van der Waals surface area contributed by atoms with E-state index in [1.54, 1.807) is 0 Å². The van der Waals surface area contributed by atoms with Crippen molar-refractivity contribution in [1.29, 1.82) is 0 Å². The Bertz CT molecular complexity index is 548. The van der Waals surface area contributed by atoms with Gasteiger partial charge in [-0.3, -0.25) is 0 Å². The lowest BCUT2D eigenvalue weighted by Crippen LogP contribution is -2.07. The third-order valence-electron chi connectivity index (χ3n) is 3.20. The molecule has 1 heterocycles. The molecule has 0 bridgehead atoms. The van der Waals surface area contributed by atoms with Crippen LogP contribution in [0, 0.1) is 6.92 Å². The van der Waals surface area contributed by atoms with Crippen LogP contribution in [0.5, 0.6) is 5.75 Å². The molecule has 1 aromatic carbocycles. The summed E-state index contributed by atoms with van der Waals surface area (Å²) in [6.07, 6.45) is 4.77. The Labute approximate surface area is 120 Å². The molecule has 0 saturated heterocycles. The molecule has 0 spiro atoms. The molecule has 0 radical (unpaired) electrons. The molecule has 0 saturated carbocycles. The van der Waals surface area contributed by atoms with E-state index in [1.165, 1.54) is 11.3 Å². The number of anilines is 1. The zero-order valence-corrected chi connectivity index (χ0v) is 12.5. The molecule has 0 aliphatic carbocycles. The number of ether oxygens (including phenoxy) is 1. The number of nitrogens with one attached hydrogen (secondary N) is 1. The highest BCUT2D eigenvalue weighted by Crippen LogP contribution is 2.26. The molecule has 0 fully saturated rings. The number of hydrogen-bond acceptors (Lipinski definition) is 3. The maximum Gasteiger partial charge on any atom is 0.142 e. The fourth-order valence-corrected chi connectivity index (χ4v) is 2.07. The summed E-state index contributed by atoms with van der Waals surface area (Å²) in [5, 5.41) is 3.44. The van der Waals surface area contributed by atoms with Gasteiger partial charge < -0.3 is 14.6 Å². The van der Waals surface area contributed by atoms with Crippen molar-refractivity contribution in [3.05, 3.63) is 42.0 Å². The Kier molecular flexibility index (Phi) is 5.04. The third kappa shape index (κ3) is 3.53. The van der Waals surface area contributed by atoms with Gasteiger partial charge in [0.2, 0.25) is 0 Å². The van der Waals surface area contributed by atoms with Crippen molar-refractivity contribution < 1.29 is 4.74 Å². The van der Waals surface area contributed by atoms with Gasteiger partial charge in [-0.2, -0.15) is 0 Å². The molecular weight excluding hydrogens is 250 g/mol. The van der Waals surface area contributed by atoms with Crippen LogP contribution < -0.4 is 10.1 Å². The van der Waals surface area contributed by atoms with Crippen LogP contribution in [-0.2, 0) is 13.1 Å². The smallest absolute Gasteiger partial charge is 0.142 e. The number of aryl methyl sites for hydroxylation is 2. The van der Waals surface area contributed by atoms with Gasteiger partial charge in [-0.05, 0) is 38.0 Å². The average molecular weight is 273 g/mol. The molecule has 2 aromatic rings. The molecule has 108 valence electrons. The lowest BCUT2D eigenvalue weighted by atomic mass is 10.2. The molecule has 0 atom stereocenters. The average Bonchev–Trinajstić information content (AvgIpc) is 2.91. The van der Waals surface area contributed by atoms with Crippen LogP contribution in [0.4, 0.5) is 5.69 Å². The minimum absolute atomic E-state index is 0.741. The van der Waals surface area contributed by atoms with Crippen molar-refractivity contribution in [2.24, 2.45) is 0 Å². The topological polar surface area (TPSA) is 39.1 Å². The fraction of sp³-hybridized carbons (Fsp3) is 0.438. The standard InChI is InChI=1S/C16H23N3O/c1-4-8-20-16-9-13(3)6-7-15(16)18-11-14-10-17-12-19(14)5-2/h6-7,9-10,12,18H,4-5,8,11H2,1-3H3. The van der Waals surface area contributed by atoms with Gasteiger partial charge >= 0.3 is 0 Å². The van der Waals surface area contributed by atoms with Gasteiger partial charge in [-0.25, -0.2) is 4.98 Å². The zero-order valence-electron chi connectivity index (χ0n) is 12.5.